The van der Waals surface area contributed by atoms with Gasteiger partial charge in [0.05, 0.1) is 0 Å². The van der Waals surface area contributed by atoms with Crippen LogP contribution in [0.4, 0.5) is 0 Å². The summed E-state index contributed by atoms with van der Waals surface area (Å²) in [5.74, 6) is 2.39. The fourth-order valence-corrected chi connectivity index (χ4v) is 2.48. The zero-order chi connectivity index (χ0) is 10.2. The minimum Gasteiger partial charge on any atom is -0.385 e. The number of ether oxygens (including phenoxy) is 1. The van der Waals surface area contributed by atoms with Gasteiger partial charge < -0.3 is 15.0 Å². The number of nitrogens with one attached hydrogen (secondary N) is 1. The summed E-state index contributed by atoms with van der Waals surface area (Å²) < 4.78 is 4.97. The molecule has 0 aliphatic carbocycles. The van der Waals surface area contributed by atoms with Crippen molar-refractivity contribution in [2.75, 3.05) is 44.9 Å². The Morgan fingerprint density at radius 3 is 2.86 bits per heavy atom. The van der Waals surface area contributed by atoms with Crippen LogP contribution in [0.2, 0.25) is 0 Å². The molecule has 0 unspecified atom stereocenters. The molecule has 0 aromatic rings. The number of hydrogen-bond donors (Lipinski definition) is 1. The zero-order valence-electron chi connectivity index (χ0n) is 8.62. The summed E-state index contributed by atoms with van der Waals surface area (Å²) in [5, 5.41) is 4.16. The molecule has 5 heteroatoms. The molecule has 1 fully saturated rings. The lowest BCUT2D eigenvalue weighted by molar-refractivity contribution is 0.195. The number of rotatable bonds is 4. The molecule has 0 atom stereocenters. The van der Waals surface area contributed by atoms with Crippen molar-refractivity contribution < 1.29 is 4.74 Å². The van der Waals surface area contributed by atoms with E-state index in [-0.39, 0.29) is 0 Å². The second kappa shape index (κ2) is 7.31. The van der Waals surface area contributed by atoms with Crippen LogP contribution >= 0.6 is 24.0 Å². The van der Waals surface area contributed by atoms with Crippen molar-refractivity contribution in [2.45, 2.75) is 6.42 Å². The minimum absolute atomic E-state index is 0.797. The molecule has 1 N–H and O–H groups in total. The molecule has 1 aliphatic rings. The van der Waals surface area contributed by atoms with Crippen LogP contribution in [0.15, 0.2) is 0 Å². The highest BCUT2D eigenvalue weighted by atomic mass is 32.2. The van der Waals surface area contributed by atoms with Crippen LogP contribution in [0.25, 0.3) is 0 Å². The van der Waals surface area contributed by atoms with E-state index in [0.717, 1.165) is 37.8 Å². The zero-order valence-corrected chi connectivity index (χ0v) is 10.3. The van der Waals surface area contributed by atoms with Gasteiger partial charge in [0.15, 0.2) is 5.11 Å². The standard InChI is InChI=1S/C9H18N2OS2/c1-12-6-2-3-10-9(13)11-4-7-14-8-5-11/h2-8H2,1H3,(H,10,13). The first-order valence-corrected chi connectivity index (χ1v) is 6.50. The van der Waals surface area contributed by atoms with Gasteiger partial charge >= 0.3 is 0 Å². The summed E-state index contributed by atoms with van der Waals surface area (Å²) in [6.45, 7) is 3.88. The molecule has 0 bridgehead atoms. The molecule has 0 saturated carbocycles. The van der Waals surface area contributed by atoms with Gasteiger partial charge in [0.25, 0.3) is 0 Å². The van der Waals surface area contributed by atoms with E-state index in [9.17, 15) is 0 Å². The Morgan fingerprint density at radius 1 is 1.50 bits per heavy atom. The van der Waals surface area contributed by atoms with Gasteiger partial charge in [-0.25, -0.2) is 0 Å². The number of hydrogen-bond acceptors (Lipinski definition) is 3. The fraction of sp³-hybridized carbons (Fsp3) is 0.889. The Kier molecular flexibility index (Phi) is 6.31. The Bertz CT molecular complexity index is 172. The fourth-order valence-electron chi connectivity index (χ4n) is 1.29. The van der Waals surface area contributed by atoms with E-state index in [1.54, 1.807) is 7.11 Å². The van der Waals surface area contributed by atoms with Crippen LogP contribution in [0.3, 0.4) is 0 Å². The third-order valence-corrected chi connectivity index (χ3v) is 3.44. The molecular weight excluding hydrogens is 216 g/mol. The highest BCUT2D eigenvalue weighted by Crippen LogP contribution is 2.08. The second-order valence-corrected chi connectivity index (χ2v) is 4.79. The summed E-state index contributed by atoms with van der Waals surface area (Å²) >= 11 is 7.29. The van der Waals surface area contributed by atoms with Crippen LogP contribution in [0.1, 0.15) is 6.42 Å². The smallest absolute Gasteiger partial charge is 0.168 e. The first kappa shape index (κ1) is 12.1. The molecule has 3 nitrogen and oxygen atoms in total. The van der Waals surface area contributed by atoms with Crippen molar-refractivity contribution >= 4 is 29.1 Å². The van der Waals surface area contributed by atoms with E-state index in [2.05, 4.69) is 10.2 Å². The highest BCUT2D eigenvalue weighted by Gasteiger charge is 2.12. The molecule has 82 valence electrons. The van der Waals surface area contributed by atoms with Crippen molar-refractivity contribution in [1.29, 1.82) is 0 Å². The maximum absolute atomic E-state index is 5.29. The van der Waals surface area contributed by atoms with Crippen LogP contribution < -0.4 is 5.32 Å². The Balaban J connectivity index is 2.07. The Morgan fingerprint density at radius 2 is 2.21 bits per heavy atom. The number of methoxy groups -OCH3 is 1. The van der Waals surface area contributed by atoms with Crippen molar-refractivity contribution in [3.63, 3.8) is 0 Å². The monoisotopic (exact) mass is 234 g/mol. The van der Waals surface area contributed by atoms with E-state index in [0.29, 0.717) is 0 Å². The number of nitrogens with zero attached hydrogens (tertiary/aromatic N) is 1. The lowest BCUT2D eigenvalue weighted by Crippen LogP contribution is -2.44. The summed E-state index contributed by atoms with van der Waals surface area (Å²) in [7, 11) is 1.72. The average Bonchev–Trinajstić information content (AvgIpc) is 2.25. The molecule has 1 saturated heterocycles. The SMILES string of the molecule is COCCCNC(=S)N1CCSCC1. The molecule has 14 heavy (non-hydrogen) atoms. The molecule has 0 aromatic heterocycles. The molecule has 0 spiro atoms. The van der Waals surface area contributed by atoms with Gasteiger partial charge in [-0.1, -0.05) is 0 Å². The van der Waals surface area contributed by atoms with Gasteiger partial charge in [-0.2, -0.15) is 11.8 Å². The number of thioether (sulfide) groups is 1. The summed E-state index contributed by atoms with van der Waals surface area (Å²) in [6.07, 6.45) is 1.01. The van der Waals surface area contributed by atoms with Gasteiger partial charge in [0.2, 0.25) is 0 Å². The summed E-state index contributed by atoms with van der Waals surface area (Å²) in [6, 6.07) is 0. The van der Waals surface area contributed by atoms with Crippen LogP contribution in [0, 0.1) is 0 Å². The van der Waals surface area contributed by atoms with Crippen LogP contribution in [-0.4, -0.2) is 54.9 Å². The topological polar surface area (TPSA) is 24.5 Å². The maximum Gasteiger partial charge on any atom is 0.168 e. The Hall–Kier alpha value is 0. The van der Waals surface area contributed by atoms with Crippen molar-refractivity contribution in [3.05, 3.63) is 0 Å². The normalized spacial score (nSPS) is 16.8. The van der Waals surface area contributed by atoms with Gasteiger partial charge in [-0.15, -0.1) is 0 Å². The molecule has 1 rings (SSSR count). The second-order valence-electron chi connectivity index (χ2n) is 3.18. The minimum atomic E-state index is 0.797. The quantitative estimate of drug-likeness (QED) is 0.577. The van der Waals surface area contributed by atoms with E-state index >= 15 is 0 Å². The van der Waals surface area contributed by atoms with Gasteiger partial charge in [-0.3, -0.25) is 0 Å². The molecule has 0 amide bonds. The third-order valence-electron chi connectivity index (χ3n) is 2.10. The van der Waals surface area contributed by atoms with Crippen molar-refractivity contribution in [2.24, 2.45) is 0 Å². The first-order chi connectivity index (χ1) is 6.84. The van der Waals surface area contributed by atoms with Gasteiger partial charge in [-0.05, 0) is 18.6 Å². The predicted molar refractivity (Wildman–Crippen MR) is 66.0 cm³/mol. The maximum atomic E-state index is 5.29. The van der Waals surface area contributed by atoms with E-state index in [1.807, 2.05) is 11.8 Å². The molecule has 0 aromatic carbocycles. The largest absolute Gasteiger partial charge is 0.385 e. The third kappa shape index (κ3) is 4.48. The van der Waals surface area contributed by atoms with Crippen molar-refractivity contribution in [1.82, 2.24) is 10.2 Å². The summed E-state index contributed by atoms with van der Waals surface area (Å²) in [5.41, 5.74) is 0. The van der Waals surface area contributed by atoms with Crippen molar-refractivity contribution in [3.8, 4) is 0 Å². The number of thiocarbonyl (C=S) groups is 1. The van der Waals surface area contributed by atoms with E-state index in [1.165, 1.54) is 11.5 Å². The first-order valence-electron chi connectivity index (χ1n) is 4.94. The molecule has 1 aliphatic heterocycles. The van der Waals surface area contributed by atoms with Gasteiger partial charge in [0, 0.05) is 44.9 Å². The van der Waals surface area contributed by atoms with E-state index in [4.69, 9.17) is 17.0 Å². The van der Waals surface area contributed by atoms with E-state index < -0.39 is 0 Å². The Labute approximate surface area is 95.6 Å². The van der Waals surface area contributed by atoms with Crippen LogP contribution in [0.5, 0.6) is 0 Å². The lowest BCUT2D eigenvalue weighted by Gasteiger charge is -2.29. The molecular formula is C9H18N2OS2. The lowest BCUT2D eigenvalue weighted by atomic mass is 10.4. The summed E-state index contributed by atoms with van der Waals surface area (Å²) in [4.78, 5) is 2.25. The average molecular weight is 234 g/mol. The molecule has 0 radical (unpaired) electrons. The molecule has 1 heterocycles. The highest BCUT2D eigenvalue weighted by molar-refractivity contribution is 7.99. The predicted octanol–water partition coefficient (Wildman–Crippen LogP) is 0.946. The van der Waals surface area contributed by atoms with Gasteiger partial charge in [0.1, 0.15) is 0 Å². The van der Waals surface area contributed by atoms with Crippen LogP contribution in [-0.2, 0) is 4.74 Å².